The Morgan fingerprint density at radius 3 is 3.10 bits per heavy atom. The zero-order valence-corrected chi connectivity index (χ0v) is 5.71. The van der Waals surface area contributed by atoms with Gasteiger partial charge in [-0.25, -0.2) is 0 Å². The van der Waals surface area contributed by atoms with E-state index in [1.54, 1.807) is 6.29 Å². The van der Waals surface area contributed by atoms with Crippen LogP contribution in [-0.2, 0) is 4.79 Å². The molecule has 0 amide bonds. The van der Waals surface area contributed by atoms with E-state index in [2.05, 4.69) is 15.5 Å². The molecule has 1 aromatic rings. The molecule has 10 heavy (non-hydrogen) atoms. The second kappa shape index (κ2) is 3.16. The molecule has 0 aliphatic rings. The summed E-state index contributed by atoms with van der Waals surface area (Å²) >= 11 is 1.13. The van der Waals surface area contributed by atoms with Crippen LogP contribution in [0.5, 0.6) is 0 Å². The maximum Gasteiger partial charge on any atom is 0.230 e. The Bertz CT molecular complexity index is 222. The maximum atomic E-state index is 9.75. The molecular weight excluding hydrogens is 154 g/mol. The molecule has 0 aliphatic carbocycles. The topological polar surface area (TPSA) is 86.7 Å². The van der Waals surface area contributed by atoms with Crippen LogP contribution in [-0.4, -0.2) is 32.4 Å². The minimum atomic E-state index is 0.192. The Labute approximate surface area is 60.7 Å². The average Bonchev–Trinajstić information content (AvgIpc) is 2.31. The predicted molar refractivity (Wildman–Crippen MR) is 34.4 cm³/mol. The van der Waals surface area contributed by atoms with Gasteiger partial charge in [0, 0.05) is 0 Å². The number of rotatable bonds is 3. The summed E-state index contributed by atoms with van der Waals surface area (Å²) in [4.78, 5) is 10.7. The average molecular weight is 158 g/mol. The van der Waals surface area contributed by atoms with E-state index < -0.39 is 0 Å². The SMILES string of the molecule is Nn1nnnc1SC[C]=O. The predicted octanol–water partition coefficient (Wildman–Crippen LogP) is -1.41. The fourth-order valence-corrected chi connectivity index (χ4v) is 0.826. The lowest BCUT2D eigenvalue weighted by molar-refractivity contribution is 0.560. The number of tetrazole rings is 1. The van der Waals surface area contributed by atoms with E-state index in [4.69, 9.17) is 5.84 Å². The fraction of sp³-hybridized carbons (Fsp3) is 0.333. The van der Waals surface area contributed by atoms with Crippen LogP contribution in [0.4, 0.5) is 0 Å². The summed E-state index contributed by atoms with van der Waals surface area (Å²) in [6.07, 6.45) is 1.68. The van der Waals surface area contributed by atoms with Crippen LogP contribution in [0.2, 0.25) is 0 Å². The highest BCUT2D eigenvalue weighted by Crippen LogP contribution is 2.08. The largest absolute Gasteiger partial charge is 0.319 e. The summed E-state index contributed by atoms with van der Waals surface area (Å²) in [6.45, 7) is 0. The number of nitrogens with zero attached hydrogens (tertiary/aromatic N) is 4. The van der Waals surface area contributed by atoms with Crippen molar-refractivity contribution in [3.05, 3.63) is 0 Å². The van der Waals surface area contributed by atoms with Crippen LogP contribution < -0.4 is 5.84 Å². The zero-order valence-electron chi connectivity index (χ0n) is 4.89. The smallest absolute Gasteiger partial charge is 0.230 e. The minimum absolute atomic E-state index is 0.192. The van der Waals surface area contributed by atoms with E-state index in [-0.39, 0.29) is 5.75 Å². The molecule has 0 bridgehead atoms. The van der Waals surface area contributed by atoms with Crippen molar-refractivity contribution in [3.63, 3.8) is 0 Å². The second-order valence-corrected chi connectivity index (χ2v) is 2.28. The highest BCUT2D eigenvalue weighted by molar-refractivity contribution is 7.99. The molecule has 2 N–H and O–H groups in total. The molecule has 6 nitrogen and oxygen atoms in total. The molecule has 1 rings (SSSR count). The van der Waals surface area contributed by atoms with Crippen molar-refractivity contribution in [3.8, 4) is 0 Å². The molecular formula is C3H4N5OS. The van der Waals surface area contributed by atoms with Crippen LogP contribution in [0.1, 0.15) is 0 Å². The number of aromatic nitrogens is 4. The van der Waals surface area contributed by atoms with Crippen molar-refractivity contribution in [1.82, 2.24) is 20.3 Å². The first-order chi connectivity index (χ1) is 4.84. The molecule has 0 saturated heterocycles. The van der Waals surface area contributed by atoms with Crippen molar-refractivity contribution in [1.29, 1.82) is 0 Å². The number of hydrogen-bond donors (Lipinski definition) is 1. The summed E-state index contributed by atoms with van der Waals surface area (Å²) in [7, 11) is 0. The lowest BCUT2D eigenvalue weighted by Crippen LogP contribution is -2.11. The quantitative estimate of drug-likeness (QED) is 0.429. The highest BCUT2D eigenvalue weighted by Gasteiger charge is 2.01. The molecule has 0 saturated carbocycles. The van der Waals surface area contributed by atoms with Gasteiger partial charge in [0.2, 0.25) is 11.4 Å². The van der Waals surface area contributed by atoms with Gasteiger partial charge < -0.3 is 5.84 Å². The minimum Gasteiger partial charge on any atom is -0.319 e. The molecule has 0 fully saturated rings. The van der Waals surface area contributed by atoms with Gasteiger partial charge in [-0.2, -0.15) is 0 Å². The Balaban J connectivity index is 2.56. The monoisotopic (exact) mass is 158 g/mol. The normalized spacial score (nSPS) is 9.60. The fourth-order valence-electron chi connectivity index (χ4n) is 0.374. The molecule has 7 heteroatoms. The van der Waals surface area contributed by atoms with Gasteiger partial charge in [-0.05, 0) is 10.4 Å². The number of nitrogen functional groups attached to an aromatic ring is 1. The first-order valence-electron chi connectivity index (χ1n) is 2.36. The molecule has 53 valence electrons. The molecule has 0 aliphatic heterocycles. The molecule has 1 radical (unpaired) electrons. The zero-order chi connectivity index (χ0) is 7.40. The Hall–Kier alpha value is -1.11. The molecule has 0 atom stereocenters. The van der Waals surface area contributed by atoms with Crippen LogP contribution >= 0.6 is 11.8 Å². The van der Waals surface area contributed by atoms with Crippen LogP contribution in [0.25, 0.3) is 0 Å². The van der Waals surface area contributed by atoms with E-state index in [0.717, 1.165) is 16.6 Å². The van der Waals surface area contributed by atoms with Crippen molar-refractivity contribution >= 4 is 18.0 Å². The molecule has 1 aromatic heterocycles. The van der Waals surface area contributed by atoms with E-state index in [1.165, 1.54) is 0 Å². The summed E-state index contributed by atoms with van der Waals surface area (Å²) in [6, 6.07) is 0. The third kappa shape index (κ3) is 1.44. The van der Waals surface area contributed by atoms with E-state index in [9.17, 15) is 4.79 Å². The molecule has 0 unspecified atom stereocenters. The van der Waals surface area contributed by atoms with E-state index >= 15 is 0 Å². The maximum absolute atomic E-state index is 9.75. The highest BCUT2D eigenvalue weighted by atomic mass is 32.2. The number of nitrogens with two attached hydrogens (primary N) is 1. The van der Waals surface area contributed by atoms with E-state index in [0.29, 0.717) is 5.16 Å². The van der Waals surface area contributed by atoms with Crippen LogP contribution in [0, 0.1) is 0 Å². The van der Waals surface area contributed by atoms with Gasteiger partial charge in [0.1, 0.15) is 0 Å². The summed E-state index contributed by atoms with van der Waals surface area (Å²) < 4.78 is 0. The molecule has 0 spiro atoms. The van der Waals surface area contributed by atoms with Gasteiger partial charge in [-0.3, -0.25) is 4.79 Å². The summed E-state index contributed by atoms with van der Waals surface area (Å²) in [5.74, 6) is 5.40. The van der Waals surface area contributed by atoms with Crippen molar-refractivity contribution in [2.24, 2.45) is 0 Å². The summed E-state index contributed by atoms with van der Waals surface area (Å²) in [5.41, 5.74) is 0. The van der Waals surface area contributed by atoms with Gasteiger partial charge >= 0.3 is 0 Å². The molecule has 0 aromatic carbocycles. The second-order valence-electron chi connectivity index (χ2n) is 1.34. The standard InChI is InChI=1S/C3H4N5OS/c4-8-3(5-6-7-8)10-2-1-9/h2,4H2. The van der Waals surface area contributed by atoms with Crippen molar-refractivity contribution in [2.45, 2.75) is 5.16 Å². The number of carbonyl (C=O) groups excluding carboxylic acids is 1. The van der Waals surface area contributed by atoms with E-state index in [1.807, 2.05) is 0 Å². The lowest BCUT2D eigenvalue weighted by Gasteiger charge is -1.90. The Morgan fingerprint density at radius 1 is 1.80 bits per heavy atom. The van der Waals surface area contributed by atoms with Crippen molar-refractivity contribution in [2.75, 3.05) is 11.6 Å². The first kappa shape index (κ1) is 7.00. The number of thioether (sulfide) groups is 1. The van der Waals surface area contributed by atoms with Crippen molar-refractivity contribution < 1.29 is 4.79 Å². The Kier molecular flexibility index (Phi) is 2.21. The first-order valence-corrected chi connectivity index (χ1v) is 3.34. The summed E-state index contributed by atoms with van der Waals surface area (Å²) in [5, 5.41) is 10.5. The number of hydrogen-bond acceptors (Lipinski definition) is 6. The van der Waals surface area contributed by atoms with Crippen LogP contribution in [0.3, 0.4) is 0 Å². The third-order valence-electron chi connectivity index (χ3n) is 0.723. The van der Waals surface area contributed by atoms with Crippen LogP contribution in [0.15, 0.2) is 5.16 Å². The molecule has 1 heterocycles. The lowest BCUT2D eigenvalue weighted by atomic mass is 10.9. The third-order valence-corrected chi connectivity index (χ3v) is 1.51. The van der Waals surface area contributed by atoms with Gasteiger partial charge in [0.15, 0.2) is 0 Å². The van der Waals surface area contributed by atoms with Gasteiger partial charge in [-0.1, -0.05) is 16.9 Å². The Morgan fingerprint density at radius 2 is 2.60 bits per heavy atom. The van der Waals surface area contributed by atoms with Gasteiger partial charge in [0.25, 0.3) is 0 Å². The van der Waals surface area contributed by atoms with Gasteiger partial charge in [0.05, 0.1) is 5.75 Å². The van der Waals surface area contributed by atoms with Gasteiger partial charge in [-0.15, -0.1) is 4.79 Å².